The summed E-state index contributed by atoms with van der Waals surface area (Å²) >= 11 is 0. The number of rotatable bonds is 4. The normalized spacial score (nSPS) is 11.8. The van der Waals surface area contributed by atoms with Gasteiger partial charge in [-0.1, -0.05) is 133 Å². The zero-order chi connectivity index (χ0) is 31.6. The first kappa shape index (κ1) is 26.8. The van der Waals surface area contributed by atoms with Crippen LogP contribution in [0.15, 0.2) is 180 Å². The summed E-state index contributed by atoms with van der Waals surface area (Å²) in [5.41, 5.74) is 12.6. The molecular formula is C46H29NO. The summed E-state index contributed by atoms with van der Waals surface area (Å²) in [5.74, 6) is 0. The second kappa shape index (κ2) is 10.6. The minimum atomic E-state index is 0.915. The molecule has 10 aromatic rings. The fourth-order valence-corrected chi connectivity index (χ4v) is 7.67. The van der Waals surface area contributed by atoms with E-state index in [1.165, 1.54) is 71.3 Å². The Kier molecular flexibility index (Phi) is 5.91. The zero-order valence-electron chi connectivity index (χ0n) is 26.1. The van der Waals surface area contributed by atoms with Gasteiger partial charge in [0.2, 0.25) is 0 Å². The van der Waals surface area contributed by atoms with Crippen molar-refractivity contribution in [2.45, 2.75) is 0 Å². The Morgan fingerprint density at radius 3 is 1.79 bits per heavy atom. The lowest BCUT2D eigenvalue weighted by molar-refractivity contribution is 0.669. The highest BCUT2D eigenvalue weighted by Gasteiger charge is 2.19. The van der Waals surface area contributed by atoms with E-state index in [-0.39, 0.29) is 0 Å². The molecule has 224 valence electrons. The lowest BCUT2D eigenvalue weighted by Crippen LogP contribution is -1.96. The molecule has 0 saturated carbocycles. The number of benzene rings is 8. The Labute approximate surface area is 277 Å². The van der Waals surface area contributed by atoms with Gasteiger partial charge in [0.1, 0.15) is 11.2 Å². The van der Waals surface area contributed by atoms with Crippen LogP contribution in [0.5, 0.6) is 0 Å². The van der Waals surface area contributed by atoms with Crippen molar-refractivity contribution in [2.24, 2.45) is 0 Å². The fraction of sp³-hybridized carbons (Fsp3) is 0. The van der Waals surface area contributed by atoms with Gasteiger partial charge in [-0.05, 0) is 86.6 Å². The van der Waals surface area contributed by atoms with Gasteiger partial charge in [-0.15, -0.1) is 0 Å². The van der Waals surface area contributed by atoms with Crippen molar-refractivity contribution in [3.8, 4) is 39.1 Å². The number of hydrogen-bond acceptors (Lipinski definition) is 1. The molecule has 0 amide bonds. The van der Waals surface area contributed by atoms with Crippen LogP contribution in [-0.4, -0.2) is 4.57 Å². The largest absolute Gasteiger partial charge is 0.456 e. The molecule has 0 unspecified atom stereocenters. The molecule has 0 N–H and O–H groups in total. The van der Waals surface area contributed by atoms with Crippen LogP contribution in [0.25, 0.3) is 93.6 Å². The molecule has 2 nitrogen and oxygen atoms in total. The number of nitrogens with zero attached hydrogens (tertiary/aromatic N) is 1. The van der Waals surface area contributed by atoms with E-state index in [2.05, 4.69) is 174 Å². The zero-order valence-corrected chi connectivity index (χ0v) is 26.1. The van der Waals surface area contributed by atoms with Crippen LogP contribution in [0.4, 0.5) is 0 Å². The Morgan fingerprint density at radius 1 is 0.375 bits per heavy atom. The molecule has 0 aliphatic carbocycles. The molecule has 10 rings (SSSR count). The Hall–Kier alpha value is -6.38. The monoisotopic (exact) mass is 611 g/mol. The molecule has 0 atom stereocenters. The van der Waals surface area contributed by atoms with Crippen LogP contribution in [0, 0.1) is 0 Å². The van der Waals surface area contributed by atoms with E-state index in [9.17, 15) is 0 Å². The molecule has 0 bridgehead atoms. The summed E-state index contributed by atoms with van der Waals surface area (Å²) in [5, 5.41) is 7.21. The number of para-hydroxylation sites is 2. The van der Waals surface area contributed by atoms with Gasteiger partial charge in [-0.3, -0.25) is 0 Å². The van der Waals surface area contributed by atoms with Crippen molar-refractivity contribution in [3.63, 3.8) is 0 Å². The second-order valence-electron chi connectivity index (χ2n) is 12.5. The smallest absolute Gasteiger partial charge is 0.136 e. The van der Waals surface area contributed by atoms with Crippen molar-refractivity contribution in [3.05, 3.63) is 176 Å². The molecule has 2 heteroatoms. The standard InChI is InChI=1S/C46H29NO/c1-3-13-30(14-4-1)35-21-12-22-36(31-15-5-2-6-16-31)45(35)33-17-11-18-34(27-33)47-41-23-9-7-19-37(41)40-28-32-25-26-44-46(39(32)29-42(40)47)38-20-8-10-24-43(38)48-44/h1-29H. The first-order valence-corrected chi connectivity index (χ1v) is 16.4. The number of furan rings is 1. The van der Waals surface area contributed by atoms with E-state index < -0.39 is 0 Å². The number of hydrogen-bond donors (Lipinski definition) is 0. The summed E-state index contributed by atoms with van der Waals surface area (Å²) in [6.45, 7) is 0. The summed E-state index contributed by atoms with van der Waals surface area (Å²) in [6, 6.07) is 63.3. The molecule has 0 radical (unpaired) electrons. The van der Waals surface area contributed by atoms with Crippen molar-refractivity contribution in [2.75, 3.05) is 0 Å². The van der Waals surface area contributed by atoms with Gasteiger partial charge >= 0.3 is 0 Å². The summed E-state index contributed by atoms with van der Waals surface area (Å²) in [4.78, 5) is 0. The maximum Gasteiger partial charge on any atom is 0.136 e. The molecule has 0 spiro atoms. The topological polar surface area (TPSA) is 18.1 Å². The third-order valence-corrected chi connectivity index (χ3v) is 9.78. The summed E-state index contributed by atoms with van der Waals surface area (Å²) in [7, 11) is 0. The molecule has 0 aliphatic rings. The van der Waals surface area contributed by atoms with Gasteiger partial charge in [0.25, 0.3) is 0 Å². The maximum atomic E-state index is 6.30. The van der Waals surface area contributed by atoms with E-state index in [0.717, 1.165) is 22.2 Å². The highest BCUT2D eigenvalue weighted by molar-refractivity contribution is 6.23. The van der Waals surface area contributed by atoms with Crippen LogP contribution >= 0.6 is 0 Å². The minimum absolute atomic E-state index is 0.915. The quantitative estimate of drug-likeness (QED) is 0.194. The van der Waals surface area contributed by atoms with Crippen molar-refractivity contribution >= 4 is 54.5 Å². The summed E-state index contributed by atoms with van der Waals surface area (Å²) in [6.07, 6.45) is 0. The van der Waals surface area contributed by atoms with Gasteiger partial charge in [0, 0.05) is 27.2 Å². The van der Waals surface area contributed by atoms with Crippen LogP contribution in [0.2, 0.25) is 0 Å². The third-order valence-electron chi connectivity index (χ3n) is 9.78. The second-order valence-corrected chi connectivity index (χ2v) is 12.5. The maximum absolute atomic E-state index is 6.30. The fourth-order valence-electron chi connectivity index (χ4n) is 7.67. The minimum Gasteiger partial charge on any atom is -0.456 e. The van der Waals surface area contributed by atoms with E-state index in [4.69, 9.17) is 4.42 Å². The lowest BCUT2D eigenvalue weighted by Gasteiger charge is -2.18. The van der Waals surface area contributed by atoms with Crippen molar-refractivity contribution < 1.29 is 4.42 Å². The van der Waals surface area contributed by atoms with E-state index >= 15 is 0 Å². The predicted octanol–water partition coefficient (Wildman–Crippen LogP) is 12.8. The molecule has 2 aromatic heterocycles. The van der Waals surface area contributed by atoms with Gasteiger partial charge in [-0.25, -0.2) is 0 Å². The van der Waals surface area contributed by atoms with Crippen LogP contribution in [0.3, 0.4) is 0 Å². The van der Waals surface area contributed by atoms with Crippen molar-refractivity contribution in [1.29, 1.82) is 0 Å². The first-order chi connectivity index (χ1) is 23.8. The van der Waals surface area contributed by atoms with Crippen molar-refractivity contribution in [1.82, 2.24) is 4.57 Å². The Bertz CT molecular complexity index is 2760. The molecule has 48 heavy (non-hydrogen) atoms. The Balaban J connectivity index is 1.27. The average molecular weight is 612 g/mol. The van der Waals surface area contributed by atoms with E-state index in [0.29, 0.717) is 0 Å². The lowest BCUT2D eigenvalue weighted by atomic mass is 9.87. The molecule has 8 aromatic carbocycles. The molecule has 0 fully saturated rings. The number of aromatic nitrogens is 1. The molecule has 0 saturated heterocycles. The highest BCUT2D eigenvalue weighted by atomic mass is 16.3. The molecule has 0 aliphatic heterocycles. The summed E-state index contributed by atoms with van der Waals surface area (Å²) < 4.78 is 8.73. The SMILES string of the molecule is c1ccc(-c2cccc(-c3ccccc3)c2-c2cccc(-n3c4ccccc4c4cc5ccc6oc7ccccc7c6c5cc43)c2)cc1. The van der Waals surface area contributed by atoms with Gasteiger partial charge in [0.05, 0.1) is 11.0 Å². The highest BCUT2D eigenvalue weighted by Crippen LogP contribution is 2.43. The molecular weight excluding hydrogens is 583 g/mol. The van der Waals surface area contributed by atoms with Crippen LogP contribution in [-0.2, 0) is 0 Å². The third kappa shape index (κ3) is 4.06. The van der Waals surface area contributed by atoms with Gasteiger partial charge < -0.3 is 8.98 Å². The van der Waals surface area contributed by atoms with Crippen LogP contribution in [0.1, 0.15) is 0 Å². The first-order valence-electron chi connectivity index (χ1n) is 16.4. The van der Waals surface area contributed by atoms with E-state index in [1.807, 2.05) is 6.07 Å². The van der Waals surface area contributed by atoms with Gasteiger partial charge in [-0.2, -0.15) is 0 Å². The van der Waals surface area contributed by atoms with Crippen LogP contribution < -0.4 is 0 Å². The number of fused-ring (bicyclic) bond motifs is 8. The van der Waals surface area contributed by atoms with Gasteiger partial charge in [0.15, 0.2) is 0 Å². The predicted molar refractivity (Wildman–Crippen MR) is 202 cm³/mol. The van der Waals surface area contributed by atoms with E-state index in [1.54, 1.807) is 0 Å². The average Bonchev–Trinajstić information content (AvgIpc) is 3.70. The Morgan fingerprint density at radius 2 is 1.02 bits per heavy atom. The molecule has 2 heterocycles.